The number of hydrogen-bond donors (Lipinski definition) is 0. The molecule has 4 aromatic rings. The number of carbonyl (C=O) groups is 1. The Morgan fingerprint density at radius 3 is 2.34 bits per heavy atom. The van der Waals surface area contributed by atoms with Gasteiger partial charge in [-0.05, 0) is 60.1 Å². The fourth-order valence-corrected chi connectivity index (χ4v) is 4.93. The van der Waals surface area contributed by atoms with Gasteiger partial charge in [-0.2, -0.15) is 5.10 Å². The number of amides is 1. The molecule has 0 bridgehead atoms. The van der Waals surface area contributed by atoms with Gasteiger partial charge in [0.25, 0.3) is 5.91 Å². The van der Waals surface area contributed by atoms with Crippen LogP contribution in [0.5, 0.6) is 5.75 Å². The average molecular weight is 513 g/mol. The highest BCUT2D eigenvalue weighted by Crippen LogP contribution is 2.24. The van der Waals surface area contributed by atoms with Crippen molar-refractivity contribution in [1.82, 2.24) is 19.6 Å². The summed E-state index contributed by atoms with van der Waals surface area (Å²) in [4.78, 5) is 17.2. The minimum absolute atomic E-state index is 0.0222. The molecule has 1 aromatic heterocycles. The van der Waals surface area contributed by atoms with Crippen LogP contribution in [-0.2, 0) is 20.1 Å². The van der Waals surface area contributed by atoms with E-state index in [2.05, 4.69) is 29.2 Å². The second-order valence-electron chi connectivity index (χ2n) is 10.0. The van der Waals surface area contributed by atoms with Gasteiger partial charge in [-0.15, -0.1) is 0 Å². The molecular weight excluding hydrogens is 479 g/mol. The highest BCUT2D eigenvalue weighted by Gasteiger charge is 2.24. The van der Waals surface area contributed by atoms with Crippen molar-refractivity contribution in [3.8, 4) is 16.9 Å². The Bertz CT molecular complexity index is 1360. The third-order valence-corrected chi connectivity index (χ3v) is 6.91. The molecule has 0 spiro atoms. The zero-order chi connectivity index (χ0) is 26.5. The lowest BCUT2D eigenvalue weighted by molar-refractivity contribution is 0.0595. The first-order valence-electron chi connectivity index (χ1n) is 13.0. The van der Waals surface area contributed by atoms with Crippen LogP contribution in [0.2, 0.25) is 0 Å². The molecule has 0 saturated carbocycles. The molecule has 38 heavy (non-hydrogen) atoms. The van der Waals surface area contributed by atoms with Gasteiger partial charge < -0.3 is 9.64 Å². The number of aryl methyl sites for hydroxylation is 1. The number of halogens is 1. The van der Waals surface area contributed by atoms with Crippen molar-refractivity contribution >= 4 is 5.91 Å². The predicted molar refractivity (Wildman–Crippen MR) is 146 cm³/mol. The monoisotopic (exact) mass is 512 g/mol. The number of nitrogens with zero attached hydrogens (tertiary/aromatic N) is 4. The van der Waals surface area contributed by atoms with E-state index in [1.165, 1.54) is 23.3 Å². The molecule has 0 radical (unpaired) electrons. The fraction of sp³-hybridized carbons (Fsp3) is 0.290. The zero-order valence-electron chi connectivity index (χ0n) is 21.9. The number of benzene rings is 3. The fourth-order valence-electron chi connectivity index (χ4n) is 4.93. The number of piperidine rings is 1. The molecule has 0 unspecified atom stereocenters. The highest BCUT2D eigenvalue weighted by molar-refractivity contribution is 5.94. The maximum absolute atomic E-state index is 13.5. The van der Waals surface area contributed by atoms with Gasteiger partial charge in [0.05, 0.1) is 6.20 Å². The van der Waals surface area contributed by atoms with Crippen molar-refractivity contribution in [3.05, 3.63) is 108 Å². The van der Waals surface area contributed by atoms with Gasteiger partial charge in [0.1, 0.15) is 17.7 Å². The predicted octanol–water partition coefficient (Wildman–Crippen LogP) is 5.54. The largest absolute Gasteiger partial charge is 0.490 e. The summed E-state index contributed by atoms with van der Waals surface area (Å²) in [6, 6.07) is 22.2. The molecule has 196 valence electrons. The van der Waals surface area contributed by atoms with Crippen LogP contribution >= 0.6 is 0 Å². The van der Waals surface area contributed by atoms with Gasteiger partial charge in [-0.3, -0.25) is 14.4 Å². The van der Waals surface area contributed by atoms with Gasteiger partial charge in [0.15, 0.2) is 0 Å². The van der Waals surface area contributed by atoms with E-state index < -0.39 is 0 Å². The second kappa shape index (κ2) is 11.6. The zero-order valence-corrected chi connectivity index (χ0v) is 21.9. The normalized spacial score (nSPS) is 14.2. The second-order valence-corrected chi connectivity index (χ2v) is 10.0. The van der Waals surface area contributed by atoms with Crippen molar-refractivity contribution in [2.75, 3.05) is 20.1 Å². The summed E-state index contributed by atoms with van der Waals surface area (Å²) >= 11 is 0. The van der Waals surface area contributed by atoms with Crippen molar-refractivity contribution in [2.45, 2.75) is 32.0 Å². The summed E-state index contributed by atoms with van der Waals surface area (Å²) in [7, 11) is 4.03. The molecule has 3 aromatic carbocycles. The Hall–Kier alpha value is -3.97. The third kappa shape index (κ3) is 6.47. The minimum atomic E-state index is -0.270. The van der Waals surface area contributed by atoms with E-state index >= 15 is 0 Å². The first kappa shape index (κ1) is 25.7. The summed E-state index contributed by atoms with van der Waals surface area (Å²) in [6.07, 6.45) is 5.62. The number of ether oxygens (including phenoxy) is 1. The molecule has 0 aliphatic carbocycles. The SMILES string of the molecule is CN(Cc1ccc(OC2CCN(C(=O)c3ccc(-c4cccc(F)c4)cc3)CC2)cc1)Cc1cnn(C)c1. The van der Waals surface area contributed by atoms with Crippen LogP contribution in [0.1, 0.15) is 34.3 Å². The summed E-state index contributed by atoms with van der Waals surface area (Å²) < 4.78 is 21.6. The van der Waals surface area contributed by atoms with Crippen LogP contribution in [0, 0.1) is 5.82 Å². The number of aromatic nitrogens is 2. The highest BCUT2D eigenvalue weighted by atomic mass is 19.1. The van der Waals surface area contributed by atoms with Crippen molar-refractivity contribution in [2.24, 2.45) is 7.05 Å². The van der Waals surface area contributed by atoms with Gasteiger partial charge in [-0.25, -0.2) is 4.39 Å². The number of rotatable bonds is 8. The molecule has 2 heterocycles. The molecule has 1 aliphatic heterocycles. The molecular formula is C31H33FN4O2. The van der Waals surface area contributed by atoms with Crippen LogP contribution in [0.3, 0.4) is 0 Å². The molecule has 1 saturated heterocycles. The van der Waals surface area contributed by atoms with Crippen molar-refractivity contribution in [3.63, 3.8) is 0 Å². The van der Waals surface area contributed by atoms with E-state index in [9.17, 15) is 9.18 Å². The topological polar surface area (TPSA) is 50.6 Å². The van der Waals surface area contributed by atoms with Gasteiger partial charge >= 0.3 is 0 Å². The number of hydrogen-bond acceptors (Lipinski definition) is 4. The summed E-state index contributed by atoms with van der Waals surface area (Å²) in [6.45, 7) is 3.01. The Balaban J connectivity index is 1.09. The molecule has 1 amide bonds. The quantitative estimate of drug-likeness (QED) is 0.311. The average Bonchev–Trinajstić information content (AvgIpc) is 3.34. The maximum atomic E-state index is 13.5. The Morgan fingerprint density at radius 2 is 1.68 bits per heavy atom. The van der Waals surface area contributed by atoms with Crippen LogP contribution in [0.4, 0.5) is 4.39 Å². The van der Waals surface area contributed by atoms with E-state index in [0.29, 0.717) is 18.7 Å². The number of carbonyl (C=O) groups excluding carboxylic acids is 1. The molecule has 0 atom stereocenters. The van der Waals surface area contributed by atoms with Gasteiger partial charge in [0, 0.05) is 63.4 Å². The summed E-state index contributed by atoms with van der Waals surface area (Å²) in [5.41, 5.74) is 4.76. The maximum Gasteiger partial charge on any atom is 0.253 e. The lowest BCUT2D eigenvalue weighted by atomic mass is 10.0. The number of likely N-dealkylation sites (tertiary alicyclic amines) is 1. The van der Waals surface area contributed by atoms with Crippen LogP contribution in [0.15, 0.2) is 85.2 Å². The van der Waals surface area contributed by atoms with E-state index in [1.807, 2.05) is 71.5 Å². The standard InChI is InChI=1S/C31H33FN4O2/c1-34(21-24-19-33-35(2)22-24)20-23-6-12-29(13-7-23)38-30-14-16-36(17-15-30)31(37)26-10-8-25(9-11-26)27-4-3-5-28(32)18-27/h3-13,18-19,22,30H,14-17,20-21H2,1-2H3. The van der Waals surface area contributed by atoms with E-state index in [-0.39, 0.29) is 17.8 Å². The van der Waals surface area contributed by atoms with Crippen LogP contribution in [-0.4, -0.2) is 51.7 Å². The Morgan fingerprint density at radius 1 is 0.974 bits per heavy atom. The Labute approximate surface area is 223 Å². The van der Waals surface area contributed by atoms with Crippen LogP contribution in [0.25, 0.3) is 11.1 Å². The third-order valence-electron chi connectivity index (χ3n) is 6.91. The molecule has 6 nitrogen and oxygen atoms in total. The molecule has 5 rings (SSSR count). The van der Waals surface area contributed by atoms with Crippen molar-refractivity contribution in [1.29, 1.82) is 0 Å². The first-order valence-corrected chi connectivity index (χ1v) is 13.0. The Kier molecular flexibility index (Phi) is 7.84. The lowest BCUT2D eigenvalue weighted by Crippen LogP contribution is -2.41. The van der Waals surface area contributed by atoms with Crippen molar-refractivity contribution < 1.29 is 13.9 Å². The summed E-state index contributed by atoms with van der Waals surface area (Å²) in [5, 5.41) is 4.23. The van der Waals surface area contributed by atoms with E-state index in [4.69, 9.17) is 4.74 Å². The van der Waals surface area contributed by atoms with Gasteiger partial charge in [-0.1, -0.05) is 36.4 Å². The van der Waals surface area contributed by atoms with E-state index in [0.717, 1.165) is 42.8 Å². The van der Waals surface area contributed by atoms with E-state index in [1.54, 1.807) is 6.07 Å². The lowest BCUT2D eigenvalue weighted by Gasteiger charge is -2.32. The molecule has 1 aliphatic rings. The van der Waals surface area contributed by atoms with Gasteiger partial charge in [0.2, 0.25) is 0 Å². The summed E-state index contributed by atoms with van der Waals surface area (Å²) in [5.74, 6) is 0.614. The minimum Gasteiger partial charge on any atom is -0.490 e. The molecule has 0 N–H and O–H groups in total. The smallest absolute Gasteiger partial charge is 0.253 e. The molecule has 7 heteroatoms. The molecule has 1 fully saturated rings. The first-order chi connectivity index (χ1) is 18.4. The van der Waals surface area contributed by atoms with Crippen LogP contribution < -0.4 is 4.74 Å².